The Kier molecular flexibility index (Phi) is 7.12. The second kappa shape index (κ2) is 9.08. The molecule has 0 aliphatic carbocycles. The molecule has 0 saturated heterocycles. The Balaban J connectivity index is 1.93. The first-order valence-corrected chi connectivity index (χ1v) is 8.50. The van der Waals surface area contributed by atoms with E-state index < -0.39 is 5.82 Å². The molecule has 2 rings (SSSR count). The lowest BCUT2D eigenvalue weighted by atomic mass is 10.2. The third-order valence-electron chi connectivity index (χ3n) is 2.71. The third kappa shape index (κ3) is 5.36. The van der Waals surface area contributed by atoms with Gasteiger partial charge in [0.15, 0.2) is 0 Å². The number of nitrogens with zero attached hydrogens (tertiary/aromatic N) is 3. The lowest BCUT2D eigenvalue weighted by Gasteiger charge is -2.18. The number of hydrogen-bond donors (Lipinski definition) is 3. The molecule has 1 aromatic carbocycles. The molecule has 4 N–H and O–H groups in total. The van der Waals surface area contributed by atoms with Crippen LogP contribution in [0.15, 0.2) is 18.5 Å². The number of nitrogens with one attached hydrogen (secondary N) is 2. The average Bonchev–Trinajstić information content (AvgIpc) is 3.03. The zero-order valence-electron chi connectivity index (χ0n) is 12.3. The normalized spacial score (nSPS) is 10.6. The predicted octanol–water partition coefficient (Wildman–Crippen LogP) is 3.13. The number of rotatable bonds is 9. The minimum absolute atomic E-state index is 0.295. The first kappa shape index (κ1) is 18.0. The van der Waals surface area contributed by atoms with Crippen LogP contribution in [0, 0.1) is 5.82 Å². The van der Waals surface area contributed by atoms with Crippen LogP contribution in [0.3, 0.4) is 0 Å². The highest BCUT2D eigenvalue weighted by molar-refractivity contribution is 7.96. The van der Waals surface area contributed by atoms with E-state index >= 15 is 0 Å². The van der Waals surface area contributed by atoms with Crippen LogP contribution >= 0.6 is 35.4 Å². The van der Waals surface area contributed by atoms with Crippen molar-refractivity contribution in [1.29, 1.82) is 0 Å². The van der Waals surface area contributed by atoms with Crippen molar-refractivity contribution in [2.24, 2.45) is 5.73 Å². The molecule has 1 heterocycles. The number of benzene rings is 1. The molecule has 2 aromatic rings. The molecule has 0 aliphatic heterocycles. The maximum Gasteiger partial charge on any atom is 0.227 e. The van der Waals surface area contributed by atoms with Gasteiger partial charge in [-0.2, -0.15) is 8.66 Å². The van der Waals surface area contributed by atoms with Gasteiger partial charge in [-0.15, -0.1) is 0 Å². The monoisotopic (exact) mass is 378 g/mol. The van der Waals surface area contributed by atoms with Crippen LogP contribution in [0.5, 0.6) is 0 Å². The zero-order chi connectivity index (χ0) is 16.7. The molecule has 0 aliphatic rings. The van der Waals surface area contributed by atoms with Crippen LogP contribution in [0.2, 0.25) is 5.02 Å². The molecule has 0 bridgehead atoms. The minimum Gasteiger partial charge on any atom is -0.384 e. The molecule has 0 amide bonds. The lowest BCUT2D eigenvalue weighted by molar-refractivity contribution is 0.475. The largest absolute Gasteiger partial charge is 0.384 e. The van der Waals surface area contributed by atoms with Gasteiger partial charge in [-0.25, -0.2) is 14.9 Å². The standard InChI is InChI=1S/C12H16ClFN6OS2/c1-20(23-21-19-12-17-7-18-22-12)11-5-8(13)10(6-9(11)14)16-4-2-3-15/h5-7,16H,2-4,15H2,1H3,(H,17,18,19). The maximum atomic E-state index is 14.2. The zero-order valence-corrected chi connectivity index (χ0v) is 14.6. The number of hydrogen-bond acceptors (Lipinski definition) is 9. The summed E-state index contributed by atoms with van der Waals surface area (Å²) < 4.78 is 24.7. The predicted molar refractivity (Wildman–Crippen MR) is 94.2 cm³/mol. The third-order valence-corrected chi connectivity index (χ3v) is 4.16. The lowest BCUT2D eigenvalue weighted by Crippen LogP contribution is -2.12. The SMILES string of the molecule is CN(SONc1ncns1)c1cc(Cl)c(NCCCN)cc1F. The Morgan fingerprint density at radius 2 is 2.35 bits per heavy atom. The van der Waals surface area contributed by atoms with Gasteiger partial charge in [-0.05, 0) is 19.0 Å². The second-order valence-electron chi connectivity index (χ2n) is 4.36. The van der Waals surface area contributed by atoms with Crippen molar-refractivity contribution in [3.05, 3.63) is 29.3 Å². The van der Waals surface area contributed by atoms with E-state index in [-0.39, 0.29) is 0 Å². The molecule has 0 fully saturated rings. The van der Waals surface area contributed by atoms with Crippen LogP contribution in [0.4, 0.5) is 20.9 Å². The quantitative estimate of drug-likeness (QED) is 0.265. The van der Waals surface area contributed by atoms with Crippen molar-refractivity contribution in [1.82, 2.24) is 9.36 Å². The molecule has 0 spiro atoms. The van der Waals surface area contributed by atoms with Gasteiger partial charge in [-0.1, -0.05) is 11.6 Å². The minimum atomic E-state index is -0.417. The number of anilines is 3. The van der Waals surface area contributed by atoms with E-state index in [4.69, 9.17) is 21.6 Å². The van der Waals surface area contributed by atoms with Gasteiger partial charge in [0.1, 0.15) is 24.4 Å². The fourth-order valence-electron chi connectivity index (χ4n) is 1.61. The van der Waals surface area contributed by atoms with E-state index in [9.17, 15) is 4.39 Å². The molecule has 11 heteroatoms. The second-order valence-corrected chi connectivity index (χ2v) is 6.41. The van der Waals surface area contributed by atoms with E-state index in [1.54, 1.807) is 7.05 Å². The molecular formula is C12H16ClFN6OS2. The molecule has 7 nitrogen and oxygen atoms in total. The highest BCUT2D eigenvalue weighted by Gasteiger charge is 2.13. The van der Waals surface area contributed by atoms with Crippen molar-refractivity contribution in [3.8, 4) is 0 Å². The number of halogens is 2. The van der Waals surface area contributed by atoms with Crippen LogP contribution in [0.25, 0.3) is 0 Å². The van der Waals surface area contributed by atoms with Crippen molar-refractivity contribution < 1.29 is 8.67 Å². The van der Waals surface area contributed by atoms with Crippen LogP contribution in [-0.4, -0.2) is 29.5 Å². The summed E-state index contributed by atoms with van der Waals surface area (Å²) in [4.78, 5) is 3.89. The Morgan fingerprint density at radius 3 is 3.04 bits per heavy atom. The molecule has 0 atom stereocenters. The summed E-state index contributed by atoms with van der Waals surface area (Å²) in [5, 5.41) is 3.97. The van der Waals surface area contributed by atoms with Crippen molar-refractivity contribution in [3.63, 3.8) is 0 Å². The molecule has 0 saturated carbocycles. The fraction of sp³-hybridized carbons (Fsp3) is 0.333. The molecular weight excluding hydrogens is 363 g/mol. The Morgan fingerprint density at radius 1 is 1.52 bits per heavy atom. The van der Waals surface area contributed by atoms with Crippen molar-refractivity contribution in [2.45, 2.75) is 6.42 Å². The van der Waals surface area contributed by atoms with E-state index in [0.717, 1.165) is 30.2 Å². The van der Waals surface area contributed by atoms with E-state index in [0.29, 0.717) is 34.6 Å². The molecule has 0 unspecified atom stereocenters. The topological polar surface area (TPSA) is 88.3 Å². The van der Waals surface area contributed by atoms with Crippen molar-refractivity contribution >= 4 is 51.9 Å². The average molecular weight is 379 g/mol. The summed E-state index contributed by atoms with van der Waals surface area (Å²) in [6, 6.07) is 2.88. The summed E-state index contributed by atoms with van der Waals surface area (Å²) in [6.45, 7) is 1.19. The van der Waals surface area contributed by atoms with Gasteiger partial charge < -0.3 is 11.1 Å². The van der Waals surface area contributed by atoms with Crippen LogP contribution < -0.4 is 20.8 Å². The fourth-order valence-corrected chi connectivity index (χ4v) is 2.70. The van der Waals surface area contributed by atoms with E-state index in [2.05, 4.69) is 20.2 Å². The Labute approximate surface area is 146 Å². The first-order chi connectivity index (χ1) is 11.1. The summed E-state index contributed by atoms with van der Waals surface area (Å²) in [7, 11) is 1.66. The maximum absolute atomic E-state index is 14.2. The van der Waals surface area contributed by atoms with Gasteiger partial charge in [-0.3, -0.25) is 4.31 Å². The summed E-state index contributed by atoms with van der Waals surface area (Å²) in [5.41, 5.74) is 8.84. The van der Waals surface area contributed by atoms with Gasteiger partial charge in [0, 0.05) is 31.2 Å². The van der Waals surface area contributed by atoms with Gasteiger partial charge in [0.25, 0.3) is 0 Å². The first-order valence-electron chi connectivity index (χ1n) is 6.65. The summed E-state index contributed by atoms with van der Waals surface area (Å²) >= 11 is 8.22. The van der Waals surface area contributed by atoms with Gasteiger partial charge in [0.05, 0.1) is 16.4 Å². The Hall–Kier alpha value is -1.33. The molecule has 1 aromatic heterocycles. The Bertz CT molecular complexity index is 618. The summed E-state index contributed by atoms with van der Waals surface area (Å²) in [5.74, 6) is -0.417. The van der Waals surface area contributed by atoms with E-state index in [1.807, 2.05) is 0 Å². The summed E-state index contributed by atoms with van der Waals surface area (Å²) in [6.07, 6.45) is 2.18. The van der Waals surface area contributed by atoms with E-state index in [1.165, 1.54) is 22.8 Å². The highest BCUT2D eigenvalue weighted by Crippen LogP contribution is 2.33. The smallest absolute Gasteiger partial charge is 0.227 e. The molecule has 23 heavy (non-hydrogen) atoms. The number of aromatic nitrogens is 2. The van der Waals surface area contributed by atoms with Gasteiger partial charge in [0.2, 0.25) is 5.13 Å². The van der Waals surface area contributed by atoms with Gasteiger partial charge >= 0.3 is 0 Å². The van der Waals surface area contributed by atoms with Crippen molar-refractivity contribution in [2.75, 3.05) is 35.2 Å². The van der Waals surface area contributed by atoms with Crippen LogP contribution in [-0.2, 0) is 4.28 Å². The highest BCUT2D eigenvalue weighted by atomic mass is 35.5. The number of nitrogens with two attached hydrogens (primary N) is 1. The molecule has 0 radical (unpaired) electrons. The van der Waals surface area contributed by atoms with Crippen LogP contribution in [0.1, 0.15) is 6.42 Å². The molecule has 126 valence electrons.